The third kappa shape index (κ3) is 6.73. The molecule has 2 saturated heterocycles. The van der Waals surface area contributed by atoms with Gasteiger partial charge in [0.15, 0.2) is 11.5 Å². The fourth-order valence-electron chi connectivity index (χ4n) is 7.50. The van der Waals surface area contributed by atoms with Gasteiger partial charge in [0.05, 0.1) is 28.5 Å². The summed E-state index contributed by atoms with van der Waals surface area (Å²) in [6.45, 7) is 4.88. The summed E-state index contributed by atoms with van der Waals surface area (Å²) in [7, 11) is 3.60. The minimum atomic E-state index is -0.384. The molecule has 8 rings (SSSR count). The number of anilines is 4. The van der Waals surface area contributed by atoms with Crippen molar-refractivity contribution in [2.45, 2.75) is 51.1 Å². The Balaban J connectivity index is 0.994. The van der Waals surface area contributed by atoms with Gasteiger partial charge >= 0.3 is 0 Å². The molecule has 3 aromatic heterocycles. The van der Waals surface area contributed by atoms with Crippen molar-refractivity contribution in [3.63, 3.8) is 0 Å². The van der Waals surface area contributed by atoms with E-state index in [0.29, 0.717) is 36.2 Å². The summed E-state index contributed by atoms with van der Waals surface area (Å²) < 4.78 is 0. The molecule has 3 aliphatic heterocycles. The van der Waals surface area contributed by atoms with Gasteiger partial charge in [-0.3, -0.25) is 24.3 Å². The van der Waals surface area contributed by atoms with Crippen molar-refractivity contribution in [1.82, 2.24) is 35.3 Å². The molecule has 3 fully saturated rings. The zero-order valence-corrected chi connectivity index (χ0v) is 29.0. The first-order chi connectivity index (χ1) is 24.8. The van der Waals surface area contributed by atoms with E-state index in [1.54, 1.807) is 13.1 Å². The molecule has 4 aliphatic rings. The number of fused-ring (bicyclic) bond motifs is 3. The van der Waals surface area contributed by atoms with Crippen LogP contribution in [0.3, 0.4) is 0 Å². The normalized spacial score (nSPS) is 18.3. The molecule has 1 aliphatic carbocycles. The molecule has 6 heterocycles. The lowest BCUT2D eigenvalue weighted by Crippen LogP contribution is -2.29. The molecule has 3 amide bonds. The number of carbonyl (C=O) groups is 3. The van der Waals surface area contributed by atoms with Crippen molar-refractivity contribution in [2.75, 3.05) is 55.8 Å². The van der Waals surface area contributed by atoms with Gasteiger partial charge in [-0.1, -0.05) is 18.2 Å². The first kappa shape index (κ1) is 32.8. The Hall–Kier alpha value is -5.43. The van der Waals surface area contributed by atoms with E-state index < -0.39 is 0 Å². The molecule has 1 aromatic carbocycles. The third-order valence-electron chi connectivity index (χ3n) is 10.3. The quantitative estimate of drug-likeness (QED) is 0.229. The average Bonchev–Trinajstić information content (AvgIpc) is 3.65. The van der Waals surface area contributed by atoms with Crippen LogP contribution in [0, 0.1) is 5.92 Å². The van der Waals surface area contributed by atoms with Gasteiger partial charge in [-0.2, -0.15) is 0 Å². The summed E-state index contributed by atoms with van der Waals surface area (Å²) in [4.78, 5) is 54.4. The monoisotopic (exact) mass is 686 g/mol. The lowest BCUT2D eigenvalue weighted by molar-refractivity contribution is -0.117. The predicted octanol–water partition coefficient (Wildman–Crippen LogP) is 4.56. The Morgan fingerprint density at radius 2 is 1.76 bits per heavy atom. The number of benzene rings is 1. The Labute approximate surface area is 296 Å². The fraction of sp³-hybridized carbons (Fsp3) is 0.395. The SMILES string of the molecule is CNC(=O)c1nnc(NC(=O)C2CC2)cc1Nc1cccc2c1N(C)Cc1cc(C3CCN(Cc4cccc(C(=O)N5CCCC5)n4)C3)cnc1-2. The van der Waals surface area contributed by atoms with Gasteiger partial charge < -0.3 is 25.8 Å². The van der Waals surface area contributed by atoms with Crippen molar-refractivity contribution in [3.8, 4) is 11.3 Å². The Kier molecular flexibility index (Phi) is 8.80. The zero-order chi connectivity index (χ0) is 35.1. The van der Waals surface area contributed by atoms with Gasteiger partial charge in [0, 0.05) is 70.6 Å². The van der Waals surface area contributed by atoms with Crippen molar-refractivity contribution in [2.24, 2.45) is 5.92 Å². The smallest absolute Gasteiger partial charge is 0.273 e. The molecule has 0 bridgehead atoms. The number of nitrogens with one attached hydrogen (secondary N) is 3. The van der Waals surface area contributed by atoms with E-state index in [2.05, 4.69) is 55.1 Å². The van der Waals surface area contributed by atoms with E-state index in [4.69, 9.17) is 9.97 Å². The van der Waals surface area contributed by atoms with Crippen LogP contribution < -0.4 is 20.9 Å². The van der Waals surface area contributed by atoms with E-state index in [-0.39, 0.29) is 29.3 Å². The van der Waals surface area contributed by atoms with E-state index in [1.807, 2.05) is 41.4 Å². The molecule has 51 heavy (non-hydrogen) atoms. The molecule has 4 aromatic rings. The second-order valence-electron chi connectivity index (χ2n) is 14.0. The summed E-state index contributed by atoms with van der Waals surface area (Å²) in [5, 5.41) is 17.1. The highest BCUT2D eigenvalue weighted by atomic mass is 16.2. The number of para-hydroxylation sites is 1. The predicted molar refractivity (Wildman–Crippen MR) is 194 cm³/mol. The Morgan fingerprint density at radius 3 is 2.57 bits per heavy atom. The molecule has 3 N–H and O–H groups in total. The molecule has 1 atom stereocenters. The highest BCUT2D eigenvalue weighted by Crippen LogP contribution is 2.44. The maximum Gasteiger partial charge on any atom is 0.273 e. The first-order valence-corrected chi connectivity index (χ1v) is 17.8. The minimum absolute atomic E-state index is 0.00911. The van der Waals surface area contributed by atoms with Crippen LogP contribution in [-0.2, 0) is 17.9 Å². The fourth-order valence-corrected chi connectivity index (χ4v) is 7.50. The maximum absolute atomic E-state index is 12.9. The number of aromatic nitrogens is 4. The minimum Gasteiger partial charge on any atom is -0.368 e. The summed E-state index contributed by atoms with van der Waals surface area (Å²) in [5.74, 6) is 0.228. The van der Waals surface area contributed by atoms with Gasteiger partial charge in [0.2, 0.25) is 5.91 Å². The average molecular weight is 687 g/mol. The molecule has 0 radical (unpaired) electrons. The zero-order valence-electron chi connectivity index (χ0n) is 29.0. The Morgan fingerprint density at radius 1 is 0.941 bits per heavy atom. The molecule has 13 nitrogen and oxygen atoms in total. The first-order valence-electron chi connectivity index (χ1n) is 17.8. The molecule has 13 heteroatoms. The Bertz CT molecular complexity index is 2010. The van der Waals surface area contributed by atoms with Gasteiger partial charge in [-0.05, 0) is 80.0 Å². The van der Waals surface area contributed by atoms with Gasteiger partial charge in [0.25, 0.3) is 11.8 Å². The van der Waals surface area contributed by atoms with Crippen LogP contribution in [-0.4, -0.2) is 88.0 Å². The summed E-state index contributed by atoms with van der Waals surface area (Å²) in [6.07, 6.45) is 6.92. The van der Waals surface area contributed by atoms with E-state index in [0.717, 1.165) is 92.2 Å². The lowest BCUT2D eigenvalue weighted by Gasteiger charge is -2.32. The lowest BCUT2D eigenvalue weighted by atomic mass is 9.93. The summed E-state index contributed by atoms with van der Waals surface area (Å²) in [5.41, 5.74) is 8.10. The number of nitrogens with zero attached hydrogens (tertiary/aromatic N) is 7. The highest BCUT2D eigenvalue weighted by molar-refractivity contribution is 6.01. The molecular formula is C38H42N10O3. The summed E-state index contributed by atoms with van der Waals surface area (Å²) >= 11 is 0. The third-order valence-corrected chi connectivity index (χ3v) is 10.3. The molecular weight excluding hydrogens is 644 g/mol. The van der Waals surface area contributed by atoms with Crippen LogP contribution in [0.4, 0.5) is 22.9 Å². The van der Waals surface area contributed by atoms with E-state index in [1.165, 1.54) is 5.56 Å². The van der Waals surface area contributed by atoms with E-state index in [9.17, 15) is 14.4 Å². The highest BCUT2D eigenvalue weighted by Gasteiger charge is 2.31. The number of carbonyl (C=O) groups excluding carboxylic acids is 3. The van der Waals surface area contributed by atoms with Crippen LogP contribution in [0.5, 0.6) is 0 Å². The van der Waals surface area contributed by atoms with Crippen LogP contribution >= 0.6 is 0 Å². The molecule has 1 saturated carbocycles. The number of likely N-dealkylation sites (tertiary alicyclic amines) is 2. The van der Waals surface area contributed by atoms with Gasteiger partial charge in [-0.15, -0.1) is 10.2 Å². The van der Waals surface area contributed by atoms with Crippen LogP contribution in [0.1, 0.15) is 75.8 Å². The van der Waals surface area contributed by atoms with Crippen molar-refractivity contribution >= 4 is 40.6 Å². The number of hydrogen-bond donors (Lipinski definition) is 3. The van der Waals surface area contributed by atoms with Crippen molar-refractivity contribution in [3.05, 3.63) is 82.9 Å². The standard InChI is InChI=1S/C38H42N10O3/c1-39-37(50)34-31(18-32(44-45-34)43-36(49)23-11-12-23)42-29-9-6-8-28-33-26(20-46(2)35(28)29)17-25(19-40-33)24-13-16-47(21-24)22-27-7-5-10-30(41-27)38(51)48-14-3-4-15-48/h5-10,17-19,23-24H,3-4,11-16,20-22H2,1-2H3,(H,39,50)(H2,42,43,44,49). The molecule has 262 valence electrons. The molecule has 1 unspecified atom stereocenters. The van der Waals surface area contributed by atoms with Crippen molar-refractivity contribution < 1.29 is 14.4 Å². The second kappa shape index (κ2) is 13.7. The second-order valence-corrected chi connectivity index (χ2v) is 14.0. The summed E-state index contributed by atoms with van der Waals surface area (Å²) in [6, 6.07) is 15.8. The number of amides is 3. The van der Waals surface area contributed by atoms with Gasteiger partial charge in [0.1, 0.15) is 5.69 Å². The van der Waals surface area contributed by atoms with Crippen molar-refractivity contribution in [1.29, 1.82) is 0 Å². The van der Waals surface area contributed by atoms with E-state index >= 15 is 0 Å². The van der Waals surface area contributed by atoms with Gasteiger partial charge in [-0.25, -0.2) is 4.98 Å². The topological polar surface area (TPSA) is 149 Å². The van der Waals surface area contributed by atoms with Crippen LogP contribution in [0.15, 0.2) is 54.7 Å². The largest absolute Gasteiger partial charge is 0.368 e. The number of hydrogen-bond acceptors (Lipinski definition) is 10. The molecule has 0 spiro atoms. The van der Waals surface area contributed by atoms with Crippen LogP contribution in [0.2, 0.25) is 0 Å². The maximum atomic E-state index is 12.9. The number of rotatable bonds is 9. The number of pyridine rings is 2. The van der Waals surface area contributed by atoms with Crippen LogP contribution in [0.25, 0.3) is 11.3 Å².